The monoisotopic (exact) mass is 378 g/mol. The zero-order chi connectivity index (χ0) is 19.4. The molecule has 3 N–H and O–H groups in total. The largest absolute Gasteiger partial charge is 0.573 e. The molecule has 7 nitrogen and oxygen atoms in total. The van der Waals surface area contributed by atoms with Crippen molar-refractivity contribution in [2.45, 2.75) is 13.0 Å². The molecular weight excluding hydrogens is 365 g/mol. The van der Waals surface area contributed by atoms with Crippen molar-refractivity contribution in [3.63, 3.8) is 0 Å². The summed E-state index contributed by atoms with van der Waals surface area (Å²) in [5, 5.41) is 10.0. The van der Waals surface area contributed by atoms with Gasteiger partial charge < -0.3 is 15.2 Å². The number of nitrogens with two attached hydrogens (primary N) is 1. The third kappa shape index (κ3) is 4.54. The van der Waals surface area contributed by atoms with E-state index in [0.717, 1.165) is 12.1 Å². The first-order valence-corrected chi connectivity index (χ1v) is 7.61. The lowest BCUT2D eigenvalue weighted by molar-refractivity contribution is -0.274. The second-order valence-electron chi connectivity index (χ2n) is 5.35. The normalized spacial score (nSPS) is 11.2. The van der Waals surface area contributed by atoms with Crippen LogP contribution in [-0.4, -0.2) is 27.7 Å². The van der Waals surface area contributed by atoms with Crippen LogP contribution in [0.5, 0.6) is 11.5 Å². The molecule has 3 rings (SSSR count). The van der Waals surface area contributed by atoms with Crippen molar-refractivity contribution in [2.75, 3.05) is 0 Å². The molecule has 140 valence electrons. The van der Waals surface area contributed by atoms with Crippen LogP contribution >= 0.6 is 0 Å². The van der Waals surface area contributed by atoms with Crippen LogP contribution in [0, 0.1) is 0 Å². The van der Waals surface area contributed by atoms with Crippen molar-refractivity contribution in [3.8, 4) is 22.8 Å². The Morgan fingerprint density at radius 3 is 2.37 bits per heavy atom. The van der Waals surface area contributed by atoms with Crippen LogP contribution in [-0.2, 0) is 6.61 Å². The molecule has 3 aromatic rings. The van der Waals surface area contributed by atoms with Gasteiger partial charge in [-0.05, 0) is 29.8 Å². The highest BCUT2D eigenvalue weighted by atomic mass is 19.4. The van der Waals surface area contributed by atoms with E-state index in [9.17, 15) is 18.0 Å². The molecule has 2 aromatic carbocycles. The number of H-pyrrole nitrogens is 1. The second-order valence-corrected chi connectivity index (χ2v) is 5.35. The Hall–Kier alpha value is -3.56. The lowest BCUT2D eigenvalue weighted by Crippen LogP contribution is -2.16. The molecule has 0 radical (unpaired) electrons. The number of amides is 1. The summed E-state index contributed by atoms with van der Waals surface area (Å²) in [4.78, 5) is 11.5. The fourth-order valence-corrected chi connectivity index (χ4v) is 2.37. The van der Waals surface area contributed by atoms with E-state index in [1.165, 1.54) is 12.1 Å². The van der Waals surface area contributed by atoms with Gasteiger partial charge in [0.25, 0.3) is 5.91 Å². The summed E-state index contributed by atoms with van der Waals surface area (Å²) in [5.74, 6) is -0.728. The molecule has 10 heteroatoms. The fraction of sp³-hybridized carbons (Fsp3) is 0.118. The Labute approximate surface area is 150 Å². The molecule has 0 unspecified atom stereocenters. The number of aromatic amines is 1. The number of alkyl halides is 3. The van der Waals surface area contributed by atoms with Gasteiger partial charge >= 0.3 is 6.36 Å². The minimum absolute atomic E-state index is 0.00361. The summed E-state index contributed by atoms with van der Waals surface area (Å²) < 4.78 is 45.9. The summed E-state index contributed by atoms with van der Waals surface area (Å²) in [7, 11) is 0. The average molecular weight is 378 g/mol. The Balaban J connectivity index is 1.76. The zero-order valence-corrected chi connectivity index (χ0v) is 13.7. The van der Waals surface area contributed by atoms with Crippen molar-refractivity contribution in [1.82, 2.24) is 15.4 Å². The molecular formula is C17H13F3N4O3. The van der Waals surface area contributed by atoms with E-state index in [2.05, 4.69) is 20.1 Å². The number of nitrogens with zero attached hydrogens (tertiary/aromatic N) is 2. The van der Waals surface area contributed by atoms with Gasteiger partial charge in [-0.3, -0.25) is 4.79 Å². The van der Waals surface area contributed by atoms with Gasteiger partial charge in [0, 0.05) is 5.56 Å². The smallest absolute Gasteiger partial charge is 0.489 e. The summed E-state index contributed by atoms with van der Waals surface area (Å²) in [6, 6.07) is 12.0. The number of hydrogen-bond acceptors (Lipinski definition) is 5. The van der Waals surface area contributed by atoms with E-state index >= 15 is 0 Å². The van der Waals surface area contributed by atoms with Crippen LogP contribution in [0.15, 0.2) is 48.5 Å². The number of primary amides is 1. The molecule has 0 spiro atoms. The van der Waals surface area contributed by atoms with Crippen LogP contribution in [0.25, 0.3) is 11.3 Å². The number of aromatic nitrogens is 3. The number of rotatable bonds is 6. The second kappa shape index (κ2) is 7.36. The molecule has 0 fully saturated rings. The molecule has 0 saturated heterocycles. The number of carbonyl (C=O) groups excluding carboxylic acids is 1. The van der Waals surface area contributed by atoms with Crippen molar-refractivity contribution < 1.29 is 27.4 Å². The fourth-order valence-electron chi connectivity index (χ4n) is 2.37. The van der Waals surface area contributed by atoms with Crippen LogP contribution in [0.4, 0.5) is 13.2 Å². The third-order valence-corrected chi connectivity index (χ3v) is 3.51. The minimum atomic E-state index is -4.75. The number of hydrogen-bond donors (Lipinski definition) is 2. The molecule has 0 saturated carbocycles. The van der Waals surface area contributed by atoms with E-state index < -0.39 is 12.3 Å². The quantitative estimate of drug-likeness (QED) is 0.686. The molecule has 1 aromatic heterocycles. The number of benzene rings is 2. The highest BCUT2D eigenvalue weighted by Gasteiger charge is 2.31. The van der Waals surface area contributed by atoms with Crippen molar-refractivity contribution in [3.05, 3.63) is 59.8 Å². The lowest BCUT2D eigenvalue weighted by Gasteiger charge is -2.12. The Kier molecular flexibility index (Phi) is 4.97. The van der Waals surface area contributed by atoms with Gasteiger partial charge in [-0.1, -0.05) is 24.3 Å². The van der Waals surface area contributed by atoms with Crippen molar-refractivity contribution >= 4 is 5.91 Å². The number of carbonyl (C=O) groups is 1. The van der Waals surface area contributed by atoms with E-state index in [-0.39, 0.29) is 23.7 Å². The van der Waals surface area contributed by atoms with Gasteiger partial charge in [0.1, 0.15) is 23.8 Å². The maximum atomic E-state index is 12.2. The summed E-state index contributed by atoms with van der Waals surface area (Å²) >= 11 is 0. The average Bonchev–Trinajstić information content (AvgIpc) is 3.10. The van der Waals surface area contributed by atoms with Crippen LogP contribution in [0.1, 0.15) is 16.1 Å². The van der Waals surface area contributed by atoms with Gasteiger partial charge in [-0.25, -0.2) is 0 Å². The SMILES string of the molecule is NC(=O)c1n[nH]nc1-c1ccccc1COc1ccc(OC(F)(F)F)cc1. The Bertz CT molecular complexity index is 939. The number of nitrogens with one attached hydrogen (secondary N) is 1. The first-order chi connectivity index (χ1) is 12.8. The zero-order valence-electron chi connectivity index (χ0n) is 13.7. The Morgan fingerprint density at radius 1 is 1.04 bits per heavy atom. The molecule has 1 amide bonds. The van der Waals surface area contributed by atoms with Gasteiger partial charge in [-0.15, -0.1) is 13.2 Å². The van der Waals surface area contributed by atoms with E-state index in [1.54, 1.807) is 24.3 Å². The molecule has 0 aliphatic rings. The van der Waals surface area contributed by atoms with Crippen LogP contribution in [0.2, 0.25) is 0 Å². The van der Waals surface area contributed by atoms with Crippen molar-refractivity contribution in [1.29, 1.82) is 0 Å². The van der Waals surface area contributed by atoms with Crippen LogP contribution < -0.4 is 15.2 Å². The number of halogens is 3. The van der Waals surface area contributed by atoms with Gasteiger partial charge in [-0.2, -0.15) is 15.4 Å². The lowest BCUT2D eigenvalue weighted by atomic mass is 10.0. The van der Waals surface area contributed by atoms with E-state index in [4.69, 9.17) is 10.5 Å². The number of ether oxygens (including phenoxy) is 2. The molecule has 0 bridgehead atoms. The first-order valence-electron chi connectivity index (χ1n) is 7.61. The maximum absolute atomic E-state index is 12.2. The topological polar surface area (TPSA) is 103 Å². The third-order valence-electron chi connectivity index (χ3n) is 3.51. The molecule has 1 heterocycles. The summed E-state index contributed by atoms with van der Waals surface area (Å²) in [6.45, 7) is 0.0840. The van der Waals surface area contributed by atoms with Crippen molar-refractivity contribution in [2.24, 2.45) is 5.73 Å². The minimum Gasteiger partial charge on any atom is -0.489 e. The first kappa shape index (κ1) is 18.2. The predicted octanol–water partition coefficient (Wildman–Crippen LogP) is 3.05. The molecule has 27 heavy (non-hydrogen) atoms. The molecule has 0 aliphatic heterocycles. The molecule has 0 aliphatic carbocycles. The van der Waals surface area contributed by atoms with Gasteiger partial charge in [0.2, 0.25) is 0 Å². The summed E-state index contributed by atoms with van der Waals surface area (Å²) in [5.41, 5.74) is 6.85. The maximum Gasteiger partial charge on any atom is 0.573 e. The standard InChI is InChI=1S/C17H13F3N4O3/c18-17(19,20)27-12-7-5-11(6-8-12)26-9-10-3-1-2-4-13(10)14-15(16(21)25)23-24-22-14/h1-8H,9H2,(H2,21,25)(H,22,23,24). The molecule has 0 atom stereocenters. The predicted molar refractivity (Wildman–Crippen MR) is 87.8 cm³/mol. The van der Waals surface area contributed by atoms with Gasteiger partial charge in [0.05, 0.1) is 0 Å². The Morgan fingerprint density at radius 2 is 1.70 bits per heavy atom. The van der Waals surface area contributed by atoms with Crippen LogP contribution in [0.3, 0.4) is 0 Å². The highest BCUT2D eigenvalue weighted by Crippen LogP contribution is 2.27. The highest BCUT2D eigenvalue weighted by molar-refractivity contribution is 5.97. The van der Waals surface area contributed by atoms with E-state index in [1.807, 2.05) is 0 Å². The van der Waals surface area contributed by atoms with E-state index in [0.29, 0.717) is 16.9 Å². The summed E-state index contributed by atoms with van der Waals surface area (Å²) in [6.07, 6.45) is -4.75. The van der Waals surface area contributed by atoms with Gasteiger partial charge in [0.15, 0.2) is 5.69 Å².